The Labute approximate surface area is 152 Å². The van der Waals surface area contributed by atoms with E-state index in [1.807, 2.05) is 17.0 Å². The molecule has 1 atom stereocenters. The molecule has 1 aromatic heterocycles. The van der Waals surface area contributed by atoms with Gasteiger partial charge in [0.05, 0.1) is 6.42 Å². The van der Waals surface area contributed by atoms with E-state index in [0.717, 1.165) is 57.0 Å². The number of halogens is 1. The van der Waals surface area contributed by atoms with Crippen molar-refractivity contribution in [3.05, 3.63) is 54.1 Å². The first-order valence-corrected chi connectivity index (χ1v) is 9.18. The molecule has 2 aliphatic heterocycles. The zero-order valence-corrected chi connectivity index (χ0v) is 14.8. The zero-order valence-electron chi connectivity index (χ0n) is 14.8. The predicted octanol–water partition coefficient (Wildman–Crippen LogP) is 2.68. The lowest BCUT2D eigenvalue weighted by molar-refractivity contribution is -0.129. The summed E-state index contributed by atoms with van der Waals surface area (Å²) in [6.45, 7) is 3.39. The normalized spacial score (nSPS) is 22.8. The number of piperidine rings is 1. The molecular weight excluding hydrogens is 331 g/mol. The van der Waals surface area contributed by atoms with Crippen LogP contribution in [0.2, 0.25) is 0 Å². The lowest BCUT2D eigenvalue weighted by Crippen LogP contribution is -2.46. The minimum Gasteiger partial charge on any atom is -0.342 e. The number of anilines is 1. The molecule has 4 rings (SSSR count). The fourth-order valence-electron chi connectivity index (χ4n) is 4.25. The third-order valence-electron chi connectivity index (χ3n) is 5.53. The molecule has 0 aliphatic carbocycles. The summed E-state index contributed by atoms with van der Waals surface area (Å²) in [5, 5.41) is 0. The summed E-state index contributed by atoms with van der Waals surface area (Å²) in [5.74, 6) is 0.565. The maximum absolute atomic E-state index is 13.3. The van der Waals surface area contributed by atoms with Gasteiger partial charge in [-0.1, -0.05) is 12.1 Å². The third-order valence-corrected chi connectivity index (χ3v) is 5.53. The Hall–Kier alpha value is -2.50. The van der Waals surface area contributed by atoms with Crippen molar-refractivity contribution < 1.29 is 9.18 Å². The van der Waals surface area contributed by atoms with Crippen molar-refractivity contribution in [2.24, 2.45) is 5.41 Å². The number of benzene rings is 1. The van der Waals surface area contributed by atoms with Crippen LogP contribution in [-0.2, 0) is 11.2 Å². The van der Waals surface area contributed by atoms with Gasteiger partial charge in [0.15, 0.2) is 0 Å². The molecule has 0 N–H and O–H groups in total. The van der Waals surface area contributed by atoms with E-state index in [1.165, 1.54) is 12.1 Å². The second-order valence-electron chi connectivity index (χ2n) is 7.45. The van der Waals surface area contributed by atoms with E-state index in [2.05, 4.69) is 14.9 Å². The second-order valence-corrected chi connectivity index (χ2v) is 7.45. The molecule has 2 saturated heterocycles. The highest BCUT2D eigenvalue weighted by atomic mass is 19.1. The SMILES string of the molecule is O=C(Cc1cccc(F)c1)N1CCC2(CCCN(c3ncccn3)C2)C1. The molecule has 1 spiro atoms. The number of hydrogen-bond donors (Lipinski definition) is 0. The van der Waals surface area contributed by atoms with Crippen LogP contribution < -0.4 is 4.90 Å². The maximum Gasteiger partial charge on any atom is 0.227 e. The maximum atomic E-state index is 13.3. The van der Waals surface area contributed by atoms with Crippen molar-refractivity contribution in [1.82, 2.24) is 14.9 Å². The van der Waals surface area contributed by atoms with E-state index in [1.54, 1.807) is 18.5 Å². The fraction of sp³-hybridized carbons (Fsp3) is 0.450. The molecule has 0 radical (unpaired) electrons. The molecule has 1 unspecified atom stereocenters. The smallest absolute Gasteiger partial charge is 0.227 e. The van der Waals surface area contributed by atoms with Crippen LogP contribution >= 0.6 is 0 Å². The standard InChI is InChI=1S/C20H23FN4O/c21-17-5-1-4-16(12-17)13-18(26)24-11-7-20(14-24)6-2-10-25(15-20)19-22-8-3-9-23-19/h1,3-5,8-9,12H,2,6-7,10-11,13-15H2. The van der Waals surface area contributed by atoms with Crippen molar-refractivity contribution in [2.45, 2.75) is 25.7 Å². The van der Waals surface area contributed by atoms with Crippen LogP contribution in [-0.4, -0.2) is 47.0 Å². The molecule has 0 bridgehead atoms. The Bertz CT molecular complexity index is 784. The summed E-state index contributed by atoms with van der Waals surface area (Å²) in [4.78, 5) is 25.6. The van der Waals surface area contributed by atoms with Crippen molar-refractivity contribution in [3.63, 3.8) is 0 Å². The highest BCUT2D eigenvalue weighted by Crippen LogP contribution is 2.39. The lowest BCUT2D eigenvalue weighted by atomic mass is 9.79. The van der Waals surface area contributed by atoms with E-state index in [9.17, 15) is 9.18 Å². The molecule has 6 heteroatoms. The van der Waals surface area contributed by atoms with Gasteiger partial charge in [-0.3, -0.25) is 4.79 Å². The van der Waals surface area contributed by atoms with E-state index in [-0.39, 0.29) is 23.6 Å². The fourth-order valence-corrected chi connectivity index (χ4v) is 4.25. The van der Waals surface area contributed by atoms with Crippen LogP contribution in [0.4, 0.5) is 10.3 Å². The minimum absolute atomic E-state index is 0.0839. The lowest BCUT2D eigenvalue weighted by Gasteiger charge is -2.40. The summed E-state index contributed by atoms with van der Waals surface area (Å²) in [6, 6.07) is 8.13. The van der Waals surface area contributed by atoms with E-state index < -0.39 is 0 Å². The van der Waals surface area contributed by atoms with Crippen LogP contribution in [0, 0.1) is 11.2 Å². The number of nitrogens with zero attached hydrogens (tertiary/aromatic N) is 4. The van der Waals surface area contributed by atoms with Gasteiger partial charge < -0.3 is 9.80 Å². The first-order chi connectivity index (χ1) is 12.6. The molecule has 1 amide bonds. The van der Waals surface area contributed by atoms with Crippen LogP contribution in [0.25, 0.3) is 0 Å². The number of rotatable bonds is 3. The van der Waals surface area contributed by atoms with Gasteiger partial charge in [0.1, 0.15) is 5.82 Å². The van der Waals surface area contributed by atoms with Gasteiger partial charge in [0.25, 0.3) is 0 Å². The number of likely N-dealkylation sites (tertiary alicyclic amines) is 1. The minimum atomic E-state index is -0.293. The Morgan fingerprint density at radius 3 is 2.77 bits per heavy atom. The molecular formula is C20H23FN4O. The topological polar surface area (TPSA) is 49.3 Å². The molecule has 2 fully saturated rings. The molecule has 136 valence electrons. The average Bonchev–Trinajstić information content (AvgIpc) is 3.06. The van der Waals surface area contributed by atoms with Crippen molar-refractivity contribution >= 4 is 11.9 Å². The van der Waals surface area contributed by atoms with Gasteiger partial charge in [0, 0.05) is 44.0 Å². The van der Waals surface area contributed by atoms with E-state index >= 15 is 0 Å². The highest BCUT2D eigenvalue weighted by molar-refractivity contribution is 5.79. The van der Waals surface area contributed by atoms with Gasteiger partial charge in [-0.2, -0.15) is 0 Å². The molecule has 3 heterocycles. The van der Waals surface area contributed by atoms with Gasteiger partial charge in [0.2, 0.25) is 11.9 Å². The predicted molar refractivity (Wildman–Crippen MR) is 97.2 cm³/mol. The molecule has 26 heavy (non-hydrogen) atoms. The monoisotopic (exact) mass is 354 g/mol. The van der Waals surface area contributed by atoms with Crippen molar-refractivity contribution in [3.8, 4) is 0 Å². The average molecular weight is 354 g/mol. The number of aromatic nitrogens is 2. The first-order valence-electron chi connectivity index (χ1n) is 9.18. The summed E-state index contributed by atoms with van der Waals surface area (Å²) in [5.41, 5.74) is 0.855. The Kier molecular flexibility index (Phi) is 4.57. The van der Waals surface area contributed by atoms with Gasteiger partial charge in [-0.25, -0.2) is 14.4 Å². The van der Waals surface area contributed by atoms with E-state index in [4.69, 9.17) is 0 Å². The zero-order chi connectivity index (χ0) is 18.0. The molecule has 1 aromatic carbocycles. The van der Waals surface area contributed by atoms with Crippen LogP contribution in [0.3, 0.4) is 0 Å². The second kappa shape index (κ2) is 7.02. The summed E-state index contributed by atoms with van der Waals surface area (Å²) in [7, 11) is 0. The quantitative estimate of drug-likeness (QED) is 0.850. The number of carbonyl (C=O) groups is 1. The Morgan fingerprint density at radius 2 is 1.96 bits per heavy atom. The molecule has 2 aromatic rings. The van der Waals surface area contributed by atoms with Crippen LogP contribution in [0.1, 0.15) is 24.8 Å². The van der Waals surface area contributed by atoms with Crippen LogP contribution in [0.5, 0.6) is 0 Å². The number of carbonyl (C=O) groups excluding carboxylic acids is 1. The molecule has 2 aliphatic rings. The van der Waals surface area contributed by atoms with Gasteiger partial charge in [-0.15, -0.1) is 0 Å². The summed E-state index contributed by atoms with van der Waals surface area (Å²) in [6.07, 6.45) is 7.02. The largest absolute Gasteiger partial charge is 0.342 e. The number of amides is 1. The van der Waals surface area contributed by atoms with E-state index in [0.29, 0.717) is 0 Å². The van der Waals surface area contributed by atoms with Crippen molar-refractivity contribution in [1.29, 1.82) is 0 Å². The Morgan fingerprint density at radius 1 is 1.12 bits per heavy atom. The van der Waals surface area contributed by atoms with Crippen molar-refractivity contribution in [2.75, 3.05) is 31.1 Å². The molecule has 0 saturated carbocycles. The third kappa shape index (κ3) is 3.54. The molecule has 5 nitrogen and oxygen atoms in total. The highest BCUT2D eigenvalue weighted by Gasteiger charge is 2.43. The number of hydrogen-bond acceptors (Lipinski definition) is 4. The Balaban J connectivity index is 1.41. The first kappa shape index (κ1) is 16.9. The summed E-state index contributed by atoms with van der Waals surface area (Å²) >= 11 is 0. The van der Waals surface area contributed by atoms with Gasteiger partial charge >= 0.3 is 0 Å². The van der Waals surface area contributed by atoms with Gasteiger partial charge in [-0.05, 0) is 43.0 Å². The summed E-state index contributed by atoms with van der Waals surface area (Å²) < 4.78 is 13.3. The van der Waals surface area contributed by atoms with Crippen LogP contribution in [0.15, 0.2) is 42.7 Å².